The first-order valence-corrected chi connectivity index (χ1v) is 15.7. The quantitative estimate of drug-likeness (QED) is 0.196. The van der Waals surface area contributed by atoms with Gasteiger partial charge < -0.3 is 0 Å². The lowest BCUT2D eigenvalue weighted by atomic mass is 9.92. The molecule has 42 heavy (non-hydrogen) atoms. The van der Waals surface area contributed by atoms with E-state index in [1.807, 2.05) is 11.3 Å². The largest absolute Gasteiger partial charge is 0.292 e. The summed E-state index contributed by atoms with van der Waals surface area (Å²) in [7, 11) is 0. The normalized spacial score (nSPS) is 12.2. The van der Waals surface area contributed by atoms with E-state index >= 15 is 0 Å². The highest BCUT2D eigenvalue weighted by Crippen LogP contribution is 2.42. The Hall–Kier alpha value is -4.47. The van der Waals surface area contributed by atoms with Gasteiger partial charge in [-0.1, -0.05) is 94.4 Å². The third-order valence-electron chi connectivity index (χ3n) is 8.72. The van der Waals surface area contributed by atoms with Crippen LogP contribution in [0, 0.1) is 0 Å². The van der Waals surface area contributed by atoms with Crippen molar-refractivity contribution >= 4 is 64.1 Å². The summed E-state index contributed by atoms with van der Waals surface area (Å²) >= 11 is 1.88. The molecule has 0 radical (unpaired) electrons. The molecule has 8 aromatic rings. The number of para-hydroxylation sites is 3. The molecule has 0 N–H and O–H groups in total. The van der Waals surface area contributed by atoms with Crippen molar-refractivity contribution in [3.63, 3.8) is 0 Å². The lowest BCUT2D eigenvalue weighted by Gasteiger charge is -2.22. The molecule has 2 heterocycles. The summed E-state index contributed by atoms with van der Waals surface area (Å²) in [5.74, 6) is 1.77. The third-order valence-corrected chi connectivity index (χ3v) is 9.85. The molecule has 0 bridgehead atoms. The molecule has 0 saturated carbocycles. The van der Waals surface area contributed by atoms with Crippen LogP contribution in [0.15, 0.2) is 109 Å². The van der Waals surface area contributed by atoms with Gasteiger partial charge in [-0.05, 0) is 87.0 Å². The van der Waals surface area contributed by atoms with Gasteiger partial charge in [0.05, 0.1) is 16.7 Å². The summed E-state index contributed by atoms with van der Waals surface area (Å²) in [6.45, 7) is 9.16. The summed E-state index contributed by atoms with van der Waals surface area (Å²) in [6, 6.07) is 40.2. The van der Waals surface area contributed by atoms with Crippen molar-refractivity contribution in [1.29, 1.82) is 0 Å². The lowest BCUT2D eigenvalue weighted by Crippen LogP contribution is -2.08. The second-order valence-electron chi connectivity index (χ2n) is 12.0. The fourth-order valence-corrected chi connectivity index (χ4v) is 7.75. The Kier molecular flexibility index (Phi) is 5.74. The van der Waals surface area contributed by atoms with Gasteiger partial charge in [0, 0.05) is 25.7 Å². The molecule has 0 amide bonds. The average molecular weight is 561 g/mol. The van der Waals surface area contributed by atoms with E-state index in [0.717, 1.165) is 22.4 Å². The minimum Gasteiger partial charge on any atom is -0.292 e. The lowest BCUT2D eigenvalue weighted by molar-refractivity contribution is 0.811. The maximum Gasteiger partial charge on any atom is 0.145 e. The Balaban J connectivity index is 1.43. The Morgan fingerprint density at radius 3 is 2.10 bits per heavy atom. The van der Waals surface area contributed by atoms with Gasteiger partial charge in [-0.2, -0.15) is 0 Å². The van der Waals surface area contributed by atoms with Crippen molar-refractivity contribution < 1.29 is 0 Å². The van der Waals surface area contributed by atoms with Gasteiger partial charge >= 0.3 is 0 Å². The molecule has 0 saturated heterocycles. The SMILES string of the molecule is CC(C)c1cccc(C(C)C)c1-n1c(-c2ccc3sc4cc5ccc6ccccc6c5cc4c3c2)nc2ccccc21. The molecule has 0 spiro atoms. The number of hydrogen-bond donors (Lipinski definition) is 0. The molecule has 2 nitrogen and oxygen atoms in total. The summed E-state index contributed by atoms with van der Waals surface area (Å²) in [6.07, 6.45) is 0. The molecule has 3 heteroatoms. The molecule has 2 aromatic heterocycles. The Labute approximate surface area is 249 Å². The van der Waals surface area contributed by atoms with Crippen LogP contribution in [0.2, 0.25) is 0 Å². The van der Waals surface area contributed by atoms with E-state index in [1.165, 1.54) is 58.5 Å². The van der Waals surface area contributed by atoms with E-state index in [0.29, 0.717) is 11.8 Å². The van der Waals surface area contributed by atoms with E-state index in [4.69, 9.17) is 4.98 Å². The molecular formula is C39H32N2S. The fourth-order valence-electron chi connectivity index (χ4n) is 6.63. The zero-order chi connectivity index (χ0) is 28.5. The van der Waals surface area contributed by atoms with Crippen molar-refractivity contribution in [3.05, 3.63) is 120 Å². The van der Waals surface area contributed by atoms with Crippen LogP contribution in [-0.4, -0.2) is 9.55 Å². The molecule has 0 unspecified atom stereocenters. The zero-order valence-corrected chi connectivity index (χ0v) is 25.2. The van der Waals surface area contributed by atoms with Crippen molar-refractivity contribution in [3.8, 4) is 17.1 Å². The summed E-state index contributed by atoms with van der Waals surface area (Å²) in [5.41, 5.74) is 7.30. The zero-order valence-electron chi connectivity index (χ0n) is 24.3. The number of aromatic nitrogens is 2. The van der Waals surface area contributed by atoms with Crippen LogP contribution in [0.3, 0.4) is 0 Å². The van der Waals surface area contributed by atoms with E-state index in [1.54, 1.807) is 0 Å². The van der Waals surface area contributed by atoms with Crippen LogP contribution in [-0.2, 0) is 0 Å². The highest BCUT2D eigenvalue weighted by atomic mass is 32.1. The second kappa shape index (κ2) is 9.54. The molecule has 6 aromatic carbocycles. The summed E-state index contributed by atoms with van der Waals surface area (Å²) < 4.78 is 5.06. The number of hydrogen-bond acceptors (Lipinski definition) is 2. The number of imidazole rings is 1. The van der Waals surface area contributed by atoms with Gasteiger partial charge in [0.25, 0.3) is 0 Å². The number of thiophene rings is 1. The van der Waals surface area contributed by atoms with E-state index in [-0.39, 0.29) is 0 Å². The molecule has 0 aliphatic rings. The topological polar surface area (TPSA) is 17.8 Å². The average Bonchev–Trinajstić information content (AvgIpc) is 3.57. The highest BCUT2D eigenvalue weighted by Gasteiger charge is 2.22. The van der Waals surface area contributed by atoms with Crippen LogP contribution in [0.4, 0.5) is 0 Å². The van der Waals surface area contributed by atoms with Gasteiger partial charge in [-0.15, -0.1) is 11.3 Å². The van der Waals surface area contributed by atoms with Gasteiger partial charge in [0.1, 0.15) is 5.82 Å². The predicted octanol–water partition coefficient (Wildman–Crippen LogP) is 11.6. The fraction of sp³-hybridized carbons (Fsp3) is 0.154. The molecule has 0 aliphatic heterocycles. The number of benzene rings is 6. The Morgan fingerprint density at radius 2 is 1.29 bits per heavy atom. The molecule has 204 valence electrons. The maximum atomic E-state index is 5.29. The Morgan fingerprint density at radius 1 is 0.571 bits per heavy atom. The van der Waals surface area contributed by atoms with Gasteiger partial charge in [-0.3, -0.25) is 4.57 Å². The van der Waals surface area contributed by atoms with Crippen LogP contribution in [0.1, 0.15) is 50.7 Å². The van der Waals surface area contributed by atoms with E-state index in [2.05, 4.69) is 141 Å². The van der Waals surface area contributed by atoms with Crippen LogP contribution in [0.5, 0.6) is 0 Å². The Bertz CT molecular complexity index is 2290. The maximum absolute atomic E-state index is 5.29. The molecule has 0 aliphatic carbocycles. The van der Waals surface area contributed by atoms with Gasteiger partial charge in [-0.25, -0.2) is 4.98 Å². The minimum atomic E-state index is 0.388. The first kappa shape index (κ1) is 25.3. The smallest absolute Gasteiger partial charge is 0.145 e. The number of nitrogens with zero attached hydrogens (tertiary/aromatic N) is 2. The molecule has 0 fully saturated rings. The van der Waals surface area contributed by atoms with Gasteiger partial charge in [0.2, 0.25) is 0 Å². The standard InChI is InChI=1S/C39H32N2S/c1-23(2)28-12-9-13-29(24(3)4)38(28)41-35-15-8-7-14-34(35)40-39(41)27-18-19-36-32(20-27)33-22-31-26(21-37(33)42-36)17-16-25-10-5-6-11-30(25)31/h5-24H,1-4H3. The number of fused-ring (bicyclic) bond motifs is 7. The minimum absolute atomic E-state index is 0.388. The van der Waals surface area contributed by atoms with Crippen LogP contribution >= 0.6 is 11.3 Å². The van der Waals surface area contributed by atoms with Crippen molar-refractivity contribution in [2.75, 3.05) is 0 Å². The molecular weight excluding hydrogens is 529 g/mol. The van der Waals surface area contributed by atoms with Crippen LogP contribution in [0.25, 0.3) is 69.8 Å². The summed E-state index contributed by atoms with van der Waals surface area (Å²) in [5, 5.41) is 7.80. The van der Waals surface area contributed by atoms with Crippen LogP contribution < -0.4 is 0 Å². The molecule has 0 atom stereocenters. The molecule has 8 rings (SSSR count). The highest BCUT2D eigenvalue weighted by molar-refractivity contribution is 7.25. The number of rotatable bonds is 4. The first-order valence-electron chi connectivity index (χ1n) is 14.9. The predicted molar refractivity (Wildman–Crippen MR) is 183 cm³/mol. The van der Waals surface area contributed by atoms with Crippen molar-refractivity contribution in [1.82, 2.24) is 9.55 Å². The third kappa shape index (κ3) is 3.80. The van der Waals surface area contributed by atoms with E-state index in [9.17, 15) is 0 Å². The van der Waals surface area contributed by atoms with Crippen molar-refractivity contribution in [2.24, 2.45) is 0 Å². The first-order chi connectivity index (χ1) is 20.5. The second-order valence-corrected chi connectivity index (χ2v) is 13.1. The monoisotopic (exact) mass is 560 g/mol. The van der Waals surface area contributed by atoms with Gasteiger partial charge in [0.15, 0.2) is 0 Å². The van der Waals surface area contributed by atoms with Crippen molar-refractivity contribution in [2.45, 2.75) is 39.5 Å². The van der Waals surface area contributed by atoms with E-state index < -0.39 is 0 Å². The summed E-state index contributed by atoms with van der Waals surface area (Å²) in [4.78, 5) is 5.29.